The molecule has 0 aliphatic rings. The van der Waals surface area contributed by atoms with E-state index in [1.165, 1.54) is 16.5 Å². The van der Waals surface area contributed by atoms with Gasteiger partial charge in [-0.15, -0.1) is 0 Å². The topological polar surface area (TPSA) is 54.6 Å². The number of hydrogen-bond acceptors (Lipinski definition) is 2. The van der Waals surface area contributed by atoms with Gasteiger partial charge in [0.2, 0.25) is 0 Å². The summed E-state index contributed by atoms with van der Waals surface area (Å²) in [7, 11) is 0. The Morgan fingerprint density at radius 1 is 1.16 bits per heavy atom. The molecule has 1 aromatic carbocycles. The summed E-state index contributed by atoms with van der Waals surface area (Å²) in [4.78, 5) is 15.6. The van der Waals surface area contributed by atoms with Crippen LogP contribution in [0.2, 0.25) is 0 Å². The Kier molecular flexibility index (Phi) is 2.52. The van der Waals surface area contributed by atoms with Crippen molar-refractivity contribution >= 4 is 11.6 Å². The summed E-state index contributed by atoms with van der Waals surface area (Å²) in [6.07, 6.45) is 1.59. The summed E-state index contributed by atoms with van der Waals surface area (Å²) < 4.78 is 15.2. The molecule has 3 rings (SSSR count). The molecule has 0 atom stereocenters. The average molecular weight is 256 g/mol. The smallest absolute Gasteiger partial charge is 0.355 e. The van der Waals surface area contributed by atoms with Crippen molar-refractivity contribution < 1.29 is 14.3 Å². The minimum absolute atomic E-state index is 0.0410. The molecule has 0 fully saturated rings. The van der Waals surface area contributed by atoms with Crippen molar-refractivity contribution in [3.05, 3.63) is 60.2 Å². The van der Waals surface area contributed by atoms with Gasteiger partial charge in [0.05, 0.1) is 0 Å². The van der Waals surface area contributed by atoms with Gasteiger partial charge in [-0.05, 0) is 24.3 Å². The van der Waals surface area contributed by atoms with Gasteiger partial charge in [-0.1, -0.05) is 18.2 Å². The van der Waals surface area contributed by atoms with Crippen LogP contribution >= 0.6 is 0 Å². The number of halogens is 1. The Labute approximate surface area is 107 Å². The Balaban J connectivity index is 2.38. The summed E-state index contributed by atoms with van der Waals surface area (Å²) in [5.41, 5.74) is 0.749. The van der Waals surface area contributed by atoms with E-state index in [-0.39, 0.29) is 17.0 Å². The van der Waals surface area contributed by atoms with E-state index in [9.17, 15) is 14.3 Å². The third-order valence-corrected chi connectivity index (χ3v) is 2.86. The molecule has 0 aliphatic heterocycles. The zero-order chi connectivity index (χ0) is 13.4. The molecular weight excluding hydrogens is 247 g/mol. The van der Waals surface area contributed by atoms with Gasteiger partial charge in [0.25, 0.3) is 0 Å². The molecule has 0 amide bonds. The quantitative estimate of drug-likeness (QED) is 0.767. The Bertz CT molecular complexity index is 780. The number of fused-ring (bicyclic) bond motifs is 1. The van der Waals surface area contributed by atoms with Crippen molar-refractivity contribution in [1.82, 2.24) is 9.38 Å². The number of aromatic carboxylic acids is 1. The van der Waals surface area contributed by atoms with Crippen LogP contribution in [-0.4, -0.2) is 20.5 Å². The predicted octanol–water partition coefficient (Wildman–Crippen LogP) is 2.84. The highest BCUT2D eigenvalue weighted by Crippen LogP contribution is 2.26. The number of hydrogen-bond donors (Lipinski definition) is 1. The van der Waals surface area contributed by atoms with Gasteiger partial charge in [0, 0.05) is 11.8 Å². The fourth-order valence-electron chi connectivity index (χ4n) is 2.04. The standard InChI is InChI=1S/C14H9FN2O2/c15-10-6-2-1-5-9(10)12-13(14(18)19)17-8-4-3-7-11(17)16-12/h1-8H,(H,18,19). The molecule has 0 spiro atoms. The largest absolute Gasteiger partial charge is 0.476 e. The molecule has 1 N–H and O–H groups in total. The highest BCUT2D eigenvalue weighted by atomic mass is 19.1. The van der Waals surface area contributed by atoms with Crippen LogP contribution in [0, 0.1) is 5.82 Å². The van der Waals surface area contributed by atoms with Gasteiger partial charge in [-0.25, -0.2) is 14.2 Å². The Hall–Kier alpha value is -2.69. The first-order chi connectivity index (χ1) is 9.18. The third kappa shape index (κ3) is 1.76. The zero-order valence-electron chi connectivity index (χ0n) is 9.75. The molecule has 0 saturated carbocycles. The van der Waals surface area contributed by atoms with E-state index in [1.807, 2.05) is 0 Å². The maximum Gasteiger partial charge on any atom is 0.355 e. The highest BCUT2D eigenvalue weighted by molar-refractivity contribution is 5.94. The minimum Gasteiger partial charge on any atom is -0.476 e. The van der Waals surface area contributed by atoms with Gasteiger partial charge in [-0.2, -0.15) is 0 Å². The summed E-state index contributed by atoms with van der Waals surface area (Å²) in [6.45, 7) is 0. The van der Waals surface area contributed by atoms with E-state index in [0.29, 0.717) is 5.65 Å². The number of carboxylic acids is 1. The number of pyridine rings is 1. The fourth-order valence-corrected chi connectivity index (χ4v) is 2.04. The van der Waals surface area contributed by atoms with Crippen LogP contribution in [0.4, 0.5) is 4.39 Å². The second kappa shape index (κ2) is 4.20. The first-order valence-corrected chi connectivity index (χ1v) is 5.64. The molecular formula is C14H9FN2O2. The maximum atomic E-state index is 13.8. The Morgan fingerprint density at radius 3 is 2.63 bits per heavy atom. The number of carboxylic acid groups (broad SMARTS) is 1. The van der Waals surface area contributed by atoms with Gasteiger partial charge in [-0.3, -0.25) is 4.40 Å². The van der Waals surface area contributed by atoms with Crippen LogP contribution < -0.4 is 0 Å². The molecule has 0 aliphatic carbocycles. The molecule has 0 saturated heterocycles. The molecule has 0 bridgehead atoms. The van der Waals surface area contributed by atoms with E-state index in [1.54, 1.807) is 36.5 Å². The molecule has 2 aromatic heterocycles. The van der Waals surface area contributed by atoms with E-state index < -0.39 is 11.8 Å². The number of carbonyl (C=O) groups is 1. The second-order valence-corrected chi connectivity index (χ2v) is 4.02. The lowest BCUT2D eigenvalue weighted by Crippen LogP contribution is -2.03. The number of imidazole rings is 1. The number of benzene rings is 1. The maximum absolute atomic E-state index is 13.8. The molecule has 94 valence electrons. The molecule has 0 radical (unpaired) electrons. The number of rotatable bonds is 2. The Morgan fingerprint density at radius 2 is 1.89 bits per heavy atom. The normalized spacial score (nSPS) is 10.8. The van der Waals surface area contributed by atoms with Gasteiger partial charge in [0.1, 0.15) is 17.2 Å². The SMILES string of the molecule is O=C(O)c1c(-c2ccccc2F)nc2ccccn12. The van der Waals surface area contributed by atoms with Gasteiger partial charge >= 0.3 is 5.97 Å². The van der Waals surface area contributed by atoms with Crippen LogP contribution in [-0.2, 0) is 0 Å². The van der Waals surface area contributed by atoms with Crippen molar-refractivity contribution in [2.75, 3.05) is 0 Å². The van der Waals surface area contributed by atoms with Gasteiger partial charge < -0.3 is 5.11 Å². The van der Waals surface area contributed by atoms with E-state index >= 15 is 0 Å². The lowest BCUT2D eigenvalue weighted by molar-refractivity contribution is 0.0690. The van der Waals surface area contributed by atoms with Gasteiger partial charge in [0.15, 0.2) is 5.69 Å². The average Bonchev–Trinajstić information content (AvgIpc) is 2.78. The molecule has 19 heavy (non-hydrogen) atoms. The summed E-state index contributed by atoms with van der Waals surface area (Å²) in [5.74, 6) is -1.63. The summed E-state index contributed by atoms with van der Waals surface area (Å²) >= 11 is 0. The molecule has 0 unspecified atom stereocenters. The number of aromatic nitrogens is 2. The summed E-state index contributed by atoms with van der Waals surface area (Å²) in [6, 6.07) is 11.1. The van der Waals surface area contributed by atoms with E-state index in [2.05, 4.69) is 4.98 Å². The van der Waals surface area contributed by atoms with Crippen molar-refractivity contribution in [3.8, 4) is 11.3 Å². The van der Waals surface area contributed by atoms with Crippen LogP contribution in [0.3, 0.4) is 0 Å². The number of nitrogens with zero attached hydrogens (tertiary/aromatic N) is 2. The third-order valence-electron chi connectivity index (χ3n) is 2.86. The highest BCUT2D eigenvalue weighted by Gasteiger charge is 2.21. The zero-order valence-corrected chi connectivity index (χ0v) is 9.75. The minimum atomic E-state index is -1.14. The van der Waals surface area contributed by atoms with Crippen molar-refractivity contribution in [2.45, 2.75) is 0 Å². The van der Waals surface area contributed by atoms with E-state index in [4.69, 9.17) is 0 Å². The first-order valence-electron chi connectivity index (χ1n) is 5.64. The van der Waals surface area contributed by atoms with Crippen LogP contribution in [0.1, 0.15) is 10.5 Å². The molecule has 5 heteroatoms. The lowest BCUT2D eigenvalue weighted by atomic mass is 10.1. The molecule has 4 nitrogen and oxygen atoms in total. The summed E-state index contributed by atoms with van der Waals surface area (Å²) in [5, 5.41) is 9.32. The monoisotopic (exact) mass is 256 g/mol. The lowest BCUT2D eigenvalue weighted by Gasteiger charge is -2.01. The van der Waals surface area contributed by atoms with Crippen LogP contribution in [0.5, 0.6) is 0 Å². The van der Waals surface area contributed by atoms with Crippen LogP contribution in [0.15, 0.2) is 48.7 Å². The van der Waals surface area contributed by atoms with Crippen molar-refractivity contribution in [2.24, 2.45) is 0 Å². The molecule has 2 heterocycles. The van der Waals surface area contributed by atoms with Crippen LogP contribution in [0.25, 0.3) is 16.9 Å². The van der Waals surface area contributed by atoms with Crippen molar-refractivity contribution in [3.63, 3.8) is 0 Å². The second-order valence-electron chi connectivity index (χ2n) is 4.02. The molecule has 3 aromatic rings. The van der Waals surface area contributed by atoms with Crippen molar-refractivity contribution in [1.29, 1.82) is 0 Å². The van der Waals surface area contributed by atoms with E-state index in [0.717, 1.165) is 0 Å². The fraction of sp³-hybridized carbons (Fsp3) is 0. The predicted molar refractivity (Wildman–Crippen MR) is 67.5 cm³/mol. The first kappa shape index (κ1) is 11.4.